The highest BCUT2D eigenvalue weighted by molar-refractivity contribution is 5.94. The molecule has 0 bridgehead atoms. The van der Waals surface area contributed by atoms with E-state index in [2.05, 4.69) is 16.0 Å². The van der Waals surface area contributed by atoms with Crippen molar-refractivity contribution in [2.24, 2.45) is 17.4 Å². The molecular formula is C24H39N5O7. The standard InChI is InChI=1S/C24H39N5O7/c1-14(2)11-19(28-21(32)17(26)13-30)22(33)29-20(12-15-6-8-16(31)9-7-15)23(34)27-18(24(35)36)5-3-4-10-25/h6-9,14,17-20,30-31H,3-5,10-13,25-26H2,1-2H3,(H,27,34)(H,28,32)(H,29,33)(H,35,36). The van der Waals surface area contributed by atoms with Gasteiger partial charge in [-0.25, -0.2) is 4.79 Å². The van der Waals surface area contributed by atoms with E-state index in [4.69, 9.17) is 16.6 Å². The Morgan fingerprint density at radius 1 is 0.889 bits per heavy atom. The van der Waals surface area contributed by atoms with Gasteiger partial charge in [-0.1, -0.05) is 26.0 Å². The molecule has 0 aromatic heterocycles. The summed E-state index contributed by atoms with van der Waals surface area (Å²) >= 11 is 0. The minimum Gasteiger partial charge on any atom is -0.508 e. The molecule has 4 unspecified atom stereocenters. The molecule has 1 aromatic carbocycles. The zero-order chi connectivity index (χ0) is 27.3. The van der Waals surface area contributed by atoms with Crippen LogP contribution in [0.5, 0.6) is 5.75 Å². The predicted octanol–water partition coefficient (Wildman–Crippen LogP) is -1.03. The van der Waals surface area contributed by atoms with Gasteiger partial charge in [0.15, 0.2) is 0 Å². The first-order chi connectivity index (χ1) is 17.0. The van der Waals surface area contributed by atoms with Crippen molar-refractivity contribution in [1.29, 1.82) is 0 Å². The molecule has 0 aliphatic carbocycles. The molecule has 12 nitrogen and oxygen atoms in total. The second-order valence-electron chi connectivity index (χ2n) is 9.10. The molecule has 1 aromatic rings. The van der Waals surface area contributed by atoms with Crippen molar-refractivity contribution in [3.63, 3.8) is 0 Å². The van der Waals surface area contributed by atoms with E-state index in [-0.39, 0.29) is 30.9 Å². The fourth-order valence-electron chi connectivity index (χ4n) is 3.44. The molecule has 36 heavy (non-hydrogen) atoms. The summed E-state index contributed by atoms with van der Waals surface area (Å²) in [6.07, 6.45) is 1.51. The lowest BCUT2D eigenvalue weighted by Crippen LogP contribution is -2.58. The maximum Gasteiger partial charge on any atom is 0.326 e. The van der Waals surface area contributed by atoms with Gasteiger partial charge in [-0.2, -0.15) is 0 Å². The lowest BCUT2D eigenvalue weighted by atomic mass is 10.00. The number of carboxylic acid groups (broad SMARTS) is 1. The zero-order valence-corrected chi connectivity index (χ0v) is 20.8. The Morgan fingerprint density at radius 2 is 1.44 bits per heavy atom. The average molecular weight is 510 g/mol. The number of amides is 3. The van der Waals surface area contributed by atoms with Crippen LogP contribution in [0.1, 0.15) is 45.1 Å². The van der Waals surface area contributed by atoms with Crippen molar-refractivity contribution in [3.8, 4) is 5.75 Å². The third kappa shape index (κ3) is 11.0. The average Bonchev–Trinajstić information content (AvgIpc) is 2.82. The Kier molecular flexibility index (Phi) is 13.4. The molecule has 4 atom stereocenters. The van der Waals surface area contributed by atoms with Crippen LogP contribution in [-0.4, -0.2) is 76.3 Å². The van der Waals surface area contributed by atoms with Crippen molar-refractivity contribution < 1.29 is 34.5 Å². The van der Waals surface area contributed by atoms with Crippen molar-refractivity contribution in [3.05, 3.63) is 29.8 Å². The maximum atomic E-state index is 13.1. The molecule has 0 saturated carbocycles. The predicted molar refractivity (Wildman–Crippen MR) is 133 cm³/mol. The molecule has 0 radical (unpaired) electrons. The van der Waals surface area contributed by atoms with Crippen molar-refractivity contribution in [2.45, 2.75) is 70.1 Å². The Bertz CT molecular complexity index is 863. The first-order valence-corrected chi connectivity index (χ1v) is 12.0. The number of aliphatic hydroxyl groups is 1. The summed E-state index contributed by atoms with van der Waals surface area (Å²) in [5, 5.41) is 35.8. The summed E-state index contributed by atoms with van der Waals surface area (Å²) in [6, 6.07) is 1.41. The number of benzene rings is 1. The number of nitrogens with one attached hydrogen (secondary N) is 3. The number of aliphatic carboxylic acids is 1. The van der Waals surface area contributed by atoms with Crippen molar-refractivity contribution in [2.75, 3.05) is 13.2 Å². The van der Waals surface area contributed by atoms with Crippen LogP contribution < -0.4 is 27.4 Å². The molecule has 0 spiro atoms. The molecule has 0 heterocycles. The fraction of sp³-hybridized carbons (Fsp3) is 0.583. The number of aromatic hydroxyl groups is 1. The lowest BCUT2D eigenvalue weighted by molar-refractivity contribution is -0.142. The molecule has 0 aliphatic heterocycles. The number of hydrogen-bond donors (Lipinski definition) is 8. The third-order valence-corrected chi connectivity index (χ3v) is 5.44. The molecule has 10 N–H and O–H groups in total. The van der Waals surface area contributed by atoms with Gasteiger partial charge in [0.05, 0.1) is 6.61 Å². The number of carbonyl (C=O) groups is 4. The lowest BCUT2D eigenvalue weighted by Gasteiger charge is -2.26. The van der Waals surface area contributed by atoms with Crippen LogP contribution in [-0.2, 0) is 25.6 Å². The zero-order valence-electron chi connectivity index (χ0n) is 20.8. The maximum absolute atomic E-state index is 13.1. The van der Waals surface area contributed by atoms with E-state index in [1.165, 1.54) is 12.1 Å². The van der Waals surface area contributed by atoms with Crippen LogP contribution >= 0.6 is 0 Å². The molecule has 202 valence electrons. The van der Waals surface area contributed by atoms with Crippen molar-refractivity contribution >= 4 is 23.7 Å². The van der Waals surface area contributed by atoms with Gasteiger partial charge in [0, 0.05) is 6.42 Å². The molecule has 1 rings (SSSR count). The Labute approximate surface area is 210 Å². The Hall–Kier alpha value is -3.22. The topological polar surface area (TPSA) is 217 Å². The van der Waals surface area contributed by atoms with Gasteiger partial charge >= 0.3 is 5.97 Å². The van der Waals surface area contributed by atoms with E-state index in [9.17, 15) is 29.4 Å². The number of phenolic OH excluding ortho intramolecular Hbond substituents is 1. The number of rotatable bonds is 16. The summed E-state index contributed by atoms with van der Waals surface area (Å²) in [4.78, 5) is 50.1. The highest BCUT2D eigenvalue weighted by Crippen LogP contribution is 2.13. The van der Waals surface area contributed by atoms with Gasteiger partial charge in [-0.15, -0.1) is 0 Å². The summed E-state index contributed by atoms with van der Waals surface area (Å²) in [6.45, 7) is 3.48. The minimum atomic E-state index is -1.21. The minimum absolute atomic E-state index is 0.00490. The van der Waals surface area contributed by atoms with E-state index in [0.717, 1.165) is 0 Å². The second-order valence-corrected chi connectivity index (χ2v) is 9.10. The number of phenols is 1. The van der Waals surface area contributed by atoms with E-state index in [1.807, 2.05) is 13.8 Å². The molecule has 0 fully saturated rings. The number of hydrogen-bond acceptors (Lipinski definition) is 8. The second kappa shape index (κ2) is 15.7. The van der Waals surface area contributed by atoms with E-state index < -0.39 is 54.5 Å². The van der Waals surface area contributed by atoms with Crippen LogP contribution in [0.25, 0.3) is 0 Å². The van der Waals surface area contributed by atoms with Gasteiger partial charge in [0.2, 0.25) is 17.7 Å². The molecule has 3 amide bonds. The van der Waals surface area contributed by atoms with Gasteiger partial charge in [0.1, 0.15) is 29.9 Å². The van der Waals surface area contributed by atoms with Gasteiger partial charge in [-0.3, -0.25) is 14.4 Å². The van der Waals surface area contributed by atoms with Crippen LogP contribution in [0.15, 0.2) is 24.3 Å². The van der Waals surface area contributed by atoms with Crippen LogP contribution in [0.4, 0.5) is 0 Å². The highest BCUT2D eigenvalue weighted by atomic mass is 16.4. The van der Waals surface area contributed by atoms with Gasteiger partial charge in [-0.05, 0) is 55.8 Å². The number of carboxylic acids is 1. The van der Waals surface area contributed by atoms with Gasteiger partial charge < -0.3 is 42.7 Å². The third-order valence-electron chi connectivity index (χ3n) is 5.44. The van der Waals surface area contributed by atoms with E-state index >= 15 is 0 Å². The summed E-state index contributed by atoms with van der Waals surface area (Å²) in [5.41, 5.74) is 11.6. The van der Waals surface area contributed by atoms with Crippen molar-refractivity contribution in [1.82, 2.24) is 16.0 Å². The SMILES string of the molecule is CC(C)CC(NC(=O)C(N)CO)C(=O)NC(Cc1ccc(O)cc1)C(=O)NC(CCCCN)C(=O)O. The monoisotopic (exact) mass is 509 g/mol. The number of unbranched alkanes of at least 4 members (excludes halogenated alkanes) is 1. The smallest absolute Gasteiger partial charge is 0.326 e. The highest BCUT2D eigenvalue weighted by Gasteiger charge is 2.30. The van der Waals surface area contributed by atoms with Gasteiger partial charge in [0.25, 0.3) is 0 Å². The summed E-state index contributed by atoms with van der Waals surface area (Å²) < 4.78 is 0. The quantitative estimate of drug-likeness (QED) is 0.128. The summed E-state index contributed by atoms with van der Waals surface area (Å²) in [7, 11) is 0. The number of carbonyl (C=O) groups excluding carboxylic acids is 3. The Morgan fingerprint density at radius 3 is 1.97 bits per heavy atom. The molecule has 0 saturated heterocycles. The van der Waals surface area contributed by atoms with Crippen LogP contribution in [0.3, 0.4) is 0 Å². The fourth-order valence-corrected chi connectivity index (χ4v) is 3.44. The normalized spacial score (nSPS) is 14.4. The summed E-state index contributed by atoms with van der Waals surface area (Å²) in [5.74, 6) is -3.28. The Balaban J connectivity index is 3.12. The molecule has 0 aliphatic rings. The first kappa shape index (κ1) is 30.8. The van der Waals surface area contributed by atoms with E-state index in [1.54, 1.807) is 12.1 Å². The number of aliphatic hydroxyl groups excluding tert-OH is 1. The van der Waals surface area contributed by atoms with Crippen LogP contribution in [0.2, 0.25) is 0 Å². The van der Waals surface area contributed by atoms with Crippen LogP contribution in [0, 0.1) is 5.92 Å². The largest absolute Gasteiger partial charge is 0.508 e. The van der Waals surface area contributed by atoms with E-state index in [0.29, 0.717) is 24.9 Å². The molecular weight excluding hydrogens is 470 g/mol. The first-order valence-electron chi connectivity index (χ1n) is 12.0. The number of nitrogens with two attached hydrogens (primary N) is 2. The molecule has 12 heteroatoms.